The number of anilines is 1. The van der Waals surface area contributed by atoms with E-state index in [0.717, 1.165) is 11.6 Å². The number of nitrogens with two attached hydrogens (primary N) is 1. The topological polar surface area (TPSA) is 106 Å². The Kier molecular flexibility index (Phi) is 3.94. The minimum absolute atomic E-state index is 0.0245. The molecule has 1 aromatic heterocycles. The maximum Gasteiger partial charge on any atom is 0.262 e. The van der Waals surface area contributed by atoms with Gasteiger partial charge in [-0.25, -0.2) is 0 Å². The fourth-order valence-corrected chi connectivity index (χ4v) is 2.63. The maximum absolute atomic E-state index is 12.3. The number of nitrogens with zero attached hydrogens (tertiary/aromatic N) is 1. The lowest BCUT2D eigenvalue weighted by Crippen LogP contribution is -2.24. The van der Waals surface area contributed by atoms with Gasteiger partial charge in [-0.3, -0.25) is 24.3 Å². The summed E-state index contributed by atoms with van der Waals surface area (Å²) in [5.74, 6) is -1.21. The molecule has 7 nitrogen and oxygen atoms in total. The van der Waals surface area contributed by atoms with Gasteiger partial charge in [0.1, 0.15) is 5.82 Å². The summed E-state index contributed by atoms with van der Waals surface area (Å²) >= 11 is 0. The molecule has 0 aliphatic carbocycles. The second-order valence-electron chi connectivity index (χ2n) is 5.98. The van der Waals surface area contributed by atoms with Crippen LogP contribution in [0.2, 0.25) is 0 Å². The van der Waals surface area contributed by atoms with Gasteiger partial charge in [0.2, 0.25) is 0 Å². The van der Waals surface area contributed by atoms with Crippen molar-refractivity contribution in [2.75, 3.05) is 5.73 Å². The molecule has 0 bridgehead atoms. The number of fused-ring (bicyclic) bond motifs is 1. The van der Waals surface area contributed by atoms with Crippen LogP contribution in [-0.4, -0.2) is 22.4 Å². The van der Waals surface area contributed by atoms with Gasteiger partial charge in [0.05, 0.1) is 16.8 Å². The summed E-state index contributed by atoms with van der Waals surface area (Å²) in [7, 11) is 0. The Morgan fingerprint density at radius 3 is 2.42 bits per heavy atom. The molecule has 0 fully saturated rings. The molecule has 0 unspecified atom stereocenters. The minimum atomic E-state index is -0.596. The molecule has 7 heteroatoms. The molecule has 0 radical (unpaired) electrons. The molecular formula is C17H18N4O3. The zero-order valence-corrected chi connectivity index (χ0v) is 13.4. The molecule has 124 valence electrons. The van der Waals surface area contributed by atoms with E-state index < -0.39 is 17.4 Å². The van der Waals surface area contributed by atoms with Gasteiger partial charge in [-0.2, -0.15) is 0 Å². The average molecular weight is 326 g/mol. The van der Waals surface area contributed by atoms with Crippen LogP contribution in [0.25, 0.3) is 5.69 Å². The highest BCUT2D eigenvalue weighted by Gasteiger charge is 2.31. The van der Waals surface area contributed by atoms with Crippen LogP contribution in [-0.2, 0) is 6.54 Å². The quantitative estimate of drug-likeness (QED) is 0.721. The zero-order chi connectivity index (χ0) is 17.4. The fraction of sp³-hybridized carbons (Fsp3) is 0.235. The number of nitrogens with one attached hydrogen (secondary N) is 2. The van der Waals surface area contributed by atoms with E-state index in [1.807, 2.05) is 12.1 Å². The first kappa shape index (κ1) is 15.9. The molecule has 0 saturated carbocycles. The first-order valence-corrected chi connectivity index (χ1v) is 7.62. The van der Waals surface area contributed by atoms with Gasteiger partial charge in [-0.15, -0.1) is 0 Å². The Labute approximate surface area is 138 Å². The number of amides is 2. The van der Waals surface area contributed by atoms with Crippen molar-refractivity contribution in [2.45, 2.75) is 26.4 Å². The standard InChI is InChI=1S/C17H18N4O3/c1-9(2)19-8-10-3-5-11(6-4-10)21-13(22)7-12-14(15(21)18)17(24)20-16(12)23/h3-7,9,19H,8,18H2,1-2H3,(H,20,23,24). The second-order valence-corrected chi connectivity index (χ2v) is 5.98. The largest absolute Gasteiger partial charge is 0.384 e. The van der Waals surface area contributed by atoms with Crippen LogP contribution in [0, 0.1) is 0 Å². The van der Waals surface area contributed by atoms with Gasteiger partial charge >= 0.3 is 0 Å². The van der Waals surface area contributed by atoms with Crippen LogP contribution in [0.5, 0.6) is 0 Å². The van der Waals surface area contributed by atoms with E-state index in [2.05, 4.69) is 24.5 Å². The summed E-state index contributed by atoms with van der Waals surface area (Å²) < 4.78 is 1.23. The number of benzene rings is 1. The molecule has 4 N–H and O–H groups in total. The number of rotatable bonds is 4. The van der Waals surface area contributed by atoms with Crippen molar-refractivity contribution in [1.29, 1.82) is 0 Å². The van der Waals surface area contributed by atoms with Gasteiger partial charge in [0, 0.05) is 18.7 Å². The number of carbonyl (C=O) groups excluding carboxylic acids is 2. The van der Waals surface area contributed by atoms with Crippen molar-refractivity contribution >= 4 is 17.6 Å². The lowest BCUT2D eigenvalue weighted by Gasteiger charge is -2.13. The molecule has 2 aromatic rings. The fourth-order valence-electron chi connectivity index (χ4n) is 2.63. The SMILES string of the molecule is CC(C)NCc1ccc(-n2c(N)c3c(cc2=O)C(=O)NC3=O)cc1. The van der Waals surface area contributed by atoms with Gasteiger partial charge in [-0.05, 0) is 17.7 Å². The molecule has 1 aliphatic heterocycles. The predicted octanol–water partition coefficient (Wildman–Crippen LogP) is 0.801. The Morgan fingerprint density at radius 1 is 1.12 bits per heavy atom. The highest BCUT2D eigenvalue weighted by molar-refractivity contribution is 6.23. The lowest BCUT2D eigenvalue weighted by molar-refractivity contribution is 0.0880. The molecule has 2 amide bonds. The summed E-state index contributed by atoms with van der Waals surface area (Å²) in [6.45, 7) is 4.83. The highest BCUT2D eigenvalue weighted by atomic mass is 16.2. The average Bonchev–Trinajstić information content (AvgIpc) is 2.80. The molecular weight excluding hydrogens is 308 g/mol. The second kappa shape index (κ2) is 5.93. The van der Waals surface area contributed by atoms with Crippen LogP contribution in [0.15, 0.2) is 35.1 Å². The van der Waals surface area contributed by atoms with E-state index in [0.29, 0.717) is 18.3 Å². The van der Waals surface area contributed by atoms with E-state index >= 15 is 0 Å². The molecule has 0 saturated heterocycles. The van der Waals surface area contributed by atoms with E-state index in [4.69, 9.17) is 5.73 Å². The number of hydrogen-bond acceptors (Lipinski definition) is 5. The van der Waals surface area contributed by atoms with E-state index in [1.54, 1.807) is 12.1 Å². The molecule has 1 aromatic carbocycles. The summed E-state index contributed by atoms with van der Waals surface area (Å²) in [4.78, 5) is 35.8. The third kappa shape index (κ3) is 2.69. The number of carbonyl (C=O) groups is 2. The lowest BCUT2D eigenvalue weighted by atomic mass is 10.1. The van der Waals surface area contributed by atoms with Crippen LogP contribution in [0.3, 0.4) is 0 Å². The first-order chi connectivity index (χ1) is 11.4. The number of pyridine rings is 1. The number of hydrogen-bond donors (Lipinski definition) is 3. The minimum Gasteiger partial charge on any atom is -0.384 e. The van der Waals surface area contributed by atoms with Crippen LogP contribution >= 0.6 is 0 Å². The summed E-state index contributed by atoms with van der Waals surface area (Å²) in [5, 5.41) is 5.45. The Morgan fingerprint density at radius 2 is 1.79 bits per heavy atom. The third-order valence-electron chi connectivity index (χ3n) is 3.86. The van der Waals surface area contributed by atoms with Crippen molar-refractivity contribution in [1.82, 2.24) is 15.2 Å². The van der Waals surface area contributed by atoms with E-state index in [-0.39, 0.29) is 16.9 Å². The van der Waals surface area contributed by atoms with Crippen LogP contribution in [0.1, 0.15) is 40.1 Å². The molecule has 24 heavy (non-hydrogen) atoms. The van der Waals surface area contributed by atoms with Crippen LogP contribution < -0.4 is 21.9 Å². The normalized spacial score (nSPS) is 13.3. The maximum atomic E-state index is 12.3. The van der Waals surface area contributed by atoms with Gasteiger partial charge in [0.15, 0.2) is 0 Å². The zero-order valence-electron chi connectivity index (χ0n) is 13.4. The van der Waals surface area contributed by atoms with E-state index in [9.17, 15) is 14.4 Å². The van der Waals surface area contributed by atoms with Crippen molar-refractivity contribution in [2.24, 2.45) is 0 Å². The smallest absolute Gasteiger partial charge is 0.262 e. The predicted molar refractivity (Wildman–Crippen MR) is 90.2 cm³/mol. The Balaban J connectivity index is 2.02. The number of nitrogen functional groups attached to an aromatic ring is 1. The monoisotopic (exact) mass is 326 g/mol. The van der Waals surface area contributed by atoms with Crippen molar-refractivity contribution in [3.63, 3.8) is 0 Å². The Bertz CT molecular complexity index is 882. The molecule has 1 aliphatic rings. The molecule has 2 heterocycles. The third-order valence-corrected chi connectivity index (χ3v) is 3.86. The number of imide groups is 1. The van der Waals surface area contributed by atoms with Gasteiger partial charge in [0.25, 0.3) is 17.4 Å². The van der Waals surface area contributed by atoms with Crippen LogP contribution in [0.4, 0.5) is 5.82 Å². The highest BCUT2D eigenvalue weighted by Crippen LogP contribution is 2.22. The number of aromatic nitrogens is 1. The Hall–Kier alpha value is -2.93. The van der Waals surface area contributed by atoms with Gasteiger partial charge < -0.3 is 11.1 Å². The first-order valence-electron chi connectivity index (χ1n) is 7.62. The summed E-state index contributed by atoms with van der Waals surface area (Å²) in [5.41, 5.74) is 7.22. The summed E-state index contributed by atoms with van der Waals surface area (Å²) in [6.07, 6.45) is 0. The molecule has 0 spiro atoms. The molecule has 3 rings (SSSR count). The summed E-state index contributed by atoms with van der Waals surface area (Å²) in [6, 6.07) is 8.80. The van der Waals surface area contributed by atoms with Gasteiger partial charge in [-0.1, -0.05) is 26.0 Å². The van der Waals surface area contributed by atoms with Crippen molar-refractivity contribution < 1.29 is 9.59 Å². The molecule has 0 atom stereocenters. The van der Waals surface area contributed by atoms with Crippen molar-refractivity contribution in [3.05, 3.63) is 57.4 Å². The van der Waals surface area contributed by atoms with Crippen molar-refractivity contribution in [3.8, 4) is 5.69 Å². The van der Waals surface area contributed by atoms with E-state index in [1.165, 1.54) is 4.57 Å².